The number of thioether (sulfide) groups is 1. The maximum atomic E-state index is 10.8. The van der Waals surface area contributed by atoms with Crippen molar-refractivity contribution in [3.05, 3.63) is 5.82 Å². The molecule has 2 fully saturated rings. The predicted molar refractivity (Wildman–Crippen MR) is 78.5 cm³/mol. The number of rotatable bonds is 6. The molecule has 1 N–H and O–H groups in total. The molecule has 0 atom stereocenters. The Kier molecular flexibility index (Phi) is 4.21. The van der Waals surface area contributed by atoms with Crippen LogP contribution < -0.4 is 0 Å². The van der Waals surface area contributed by atoms with Gasteiger partial charge in [0.2, 0.25) is 0 Å². The zero-order chi connectivity index (χ0) is 14.9. The van der Waals surface area contributed by atoms with Crippen LogP contribution in [0.2, 0.25) is 0 Å². The van der Waals surface area contributed by atoms with Gasteiger partial charge in [-0.05, 0) is 31.1 Å². The molecule has 6 nitrogen and oxygen atoms in total. The normalized spacial score (nSPS) is 21.4. The lowest BCUT2D eigenvalue weighted by Gasteiger charge is -2.34. The molecule has 0 aromatic carbocycles. The van der Waals surface area contributed by atoms with E-state index in [1.807, 2.05) is 0 Å². The van der Waals surface area contributed by atoms with E-state index >= 15 is 0 Å². The summed E-state index contributed by atoms with van der Waals surface area (Å²) in [6, 6.07) is 0. The van der Waals surface area contributed by atoms with Gasteiger partial charge in [-0.1, -0.05) is 18.7 Å². The van der Waals surface area contributed by atoms with Gasteiger partial charge >= 0.3 is 5.97 Å². The molecule has 0 radical (unpaired) electrons. The van der Waals surface area contributed by atoms with Crippen molar-refractivity contribution in [2.45, 2.75) is 50.2 Å². The monoisotopic (exact) mass is 311 g/mol. The van der Waals surface area contributed by atoms with Gasteiger partial charge in [0.05, 0.1) is 5.75 Å². The summed E-state index contributed by atoms with van der Waals surface area (Å²) in [5, 5.41) is 18.2. The Morgan fingerprint density at radius 3 is 2.76 bits per heavy atom. The van der Waals surface area contributed by atoms with Gasteiger partial charge in [-0.15, -0.1) is 10.2 Å². The highest BCUT2D eigenvalue weighted by atomic mass is 32.2. The van der Waals surface area contributed by atoms with E-state index in [4.69, 9.17) is 9.84 Å². The molecular formula is C14H21N3O3S. The maximum absolute atomic E-state index is 10.8. The molecular weight excluding hydrogens is 290 g/mol. The van der Waals surface area contributed by atoms with Crippen molar-refractivity contribution >= 4 is 17.7 Å². The summed E-state index contributed by atoms with van der Waals surface area (Å²) in [6.07, 6.45) is 4.39. The molecule has 3 rings (SSSR count). The van der Waals surface area contributed by atoms with E-state index in [0.717, 1.165) is 43.6 Å². The molecule has 21 heavy (non-hydrogen) atoms. The van der Waals surface area contributed by atoms with E-state index in [0.29, 0.717) is 5.92 Å². The first-order valence-corrected chi connectivity index (χ1v) is 8.41. The molecule has 7 heteroatoms. The topological polar surface area (TPSA) is 77.2 Å². The van der Waals surface area contributed by atoms with Crippen molar-refractivity contribution in [1.82, 2.24) is 14.8 Å². The van der Waals surface area contributed by atoms with E-state index in [1.165, 1.54) is 24.6 Å². The number of hydrogen-bond acceptors (Lipinski definition) is 5. The summed E-state index contributed by atoms with van der Waals surface area (Å²) in [5.41, 5.74) is 0.183. The van der Waals surface area contributed by atoms with Crippen LogP contribution in [-0.2, 0) is 16.1 Å². The van der Waals surface area contributed by atoms with Gasteiger partial charge in [0, 0.05) is 25.7 Å². The molecule has 1 saturated heterocycles. The lowest BCUT2D eigenvalue weighted by Crippen LogP contribution is -2.31. The van der Waals surface area contributed by atoms with Crippen LogP contribution in [0.1, 0.15) is 44.3 Å². The fourth-order valence-corrected chi connectivity index (χ4v) is 3.39. The Morgan fingerprint density at radius 1 is 1.43 bits per heavy atom. The first kappa shape index (κ1) is 14.8. The summed E-state index contributed by atoms with van der Waals surface area (Å²) >= 11 is 1.27. The van der Waals surface area contributed by atoms with Crippen molar-refractivity contribution in [1.29, 1.82) is 0 Å². The van der Waals surface area contributed by atoms with Gasteiger partial charge in [-0.2, -0.15) is 0 Å². The van der Waals surface area contributed by atoms with Crippen LogP contribution in [0.4, 0.5) is 0 Å². The first-order valence-electron chi connectivity index (χ1n) is 7.43. The molecule has 0 amide bonds. The van der Waals surface area contributed by atoms with Gasteiger partial charge in [0.1, 0.15) is 5.82 Å². The predicted octanol–water partition coefficient (Wildman–Crippen LogP) is 2.15. The molecule has 0 unspecified atom stereocenters. The number of carboxylic acids is 1. The van der Waals surface area contributed by atoms with Gasteiger partial charge < -0.3 is 14.4 Å². The molecule has 116 valence electrons. The average molecular weight is 311 g/mol. The van der Waals surface area contributed by atoms with E-state index < -0.39 is 5.97 Å². The Balaban J connectivity index is 1.80. The van der Waals surface area contributed by atoms with Crippen molar-refractivity contribution < 1.29 is 14.6 Å². The Labute approximate surface area is 128 Å². The summed E-state index contributed by atoms with van der Waals surface area (Å²) in [7, 11) is 0. The lowest BCUT2D eigenvalue weighted by atomic mass is 9.82. The molecule has 2 heterocycles. The van der Waals surface area contributed by atoms with E-state index in [2.05, 4.69) is 21.7 Å². The quantitative estimate of drug-likeness (QED) is 0.811. The molecule has 1 aromatic heterocycles. The standard InChI is InChI=1S/C14H21N3O3S/c1-14(4-6-20-7-5-14)9-17-12(10-2-3-10)15-16-13(17)21-8-11(18)19/h10H,2-9H2,1H3,(H,18,19). The number of carbonyl (C=O) groups is 1. The fourth-order valence-electron chi connectivity index (χ4n) is 2.73. The van der Waals surface area contributed by atoms with Crippen molar-refractivity contribution in [2.24, 2.45) is 5.41 Å². The average Bonchev–Trinajstić information content (AvgIpc) is 3.20. The molecule has 0 bridgehead atoms. The zero-order valence-corrected chi connectivity index (χ0v) is 13.1. The molecule has 1 aliphatic carbocycles. The lowest BCUT2D eigenvalue weighted by molar-refractivity contribution is -0.133. The third kappa shape index (κ3) is 3.58. The van der Waals surface area contributed by atoms with E-state index in [-0.39, 0.29) is 11.2 Å². The van der Waals surface area contributed by atoms with Crippen LogP contribution in [0.15, 0.2) is 5.16 Å². The van der Waals surface area contributed by atoms with Crippen LogP contribution in [0.5, 0.6) is 0 Å². The van der Waals surface area contributed by atoms with Crippen LogP contribution >= 0.6 is 11.8 Å². The maximum Gasteiger partial charge on any atom is 0.313 e. The molecule has 2 aliphatic rings. The minimum Gasteiger partial charge on any atom is -0.481 e. The van der Waals surface area contributed by atoms with Gasteiger partial charge in [-0.3, -0.25) is 4.79 Å². The van der Waals surface area contributed by atoms with Crippen LogP contribution in [0, 0.1) is 5.41 Å². The second-order valence-electron chi connectivity index (χ2n) is 6.31. The SMILES string of the molecule is CC1(Cn2c(SCC(=O)O)nnc2C2CC2)CCOCC1. The van der Waals surface area contributed by atoms with Gasteiger partial charge in [0.25, 0.3) is 0 Å². The van der Waals surface area contributed by atoms with Crippen LogP contribution in [0.3, 0.4) is 0 Å². The Morgan fingerprint density at radius 2 is 2.14 bits per heavy atom. The molecule has 1 aromatic rings. The van der Waals surface area contributed by atoms with Crippen LogP contribution in [-0.4, -0.2) is 44.8 Å². The van der Waals surface area contributed by atoms with E-state index in [1.54, 1.807) is 0 Å². The number of hydrogen-bond donors (Lipinski definition) is 1. The molecule has 1 saturated carbocycles. The first-order chi connectivity index (χ1) is 10.1. The van der Waals surface area contributed by atoms with E-state index in [9.17, 15) is 4.79 Å². The number of nitrogens with zero attached hydrogens (tertiary/aromatic N) is 3. The summed E-state index contributed by atoms with van der Waals surface area (Å²) in [6.45, 7) is 4.74. The highest BCUT2D eigenvalue weighted by Gasteiger charge is 2.34. The van der Waals surface area contributed by atoms with Crippen LogP contribution in [0.25, 0.3) is 0 Å². The summed E-state index contributed by atoms with van der Waals surface area (Å²) in [4.78, 5) is 10.8. The Hall–Kier alpha value is -1.08. The summed E-state index contributed by atoms with van der Waals surface area (Å²) < 4.78 is 7.62. The molecule has 0 spiro atoms. The number of aliphatic carboxylic acids is 1. The third-order valence-electron chi connectivity index (χ3n) is 4.25. The molecule has 1 aliphatic heterocycles. The smallest absolute Gasteiger partial charge is 0.313 e. The van der Waals surface area contributed by atoms with Crippen molar-refractivity contribution in [2.75, 3.05) is 19.0 Å². The van der Waals surface area contributed by atoms with Gasteiger partial charge in [-0.25, -0.2) is 0 Å². The second-order valence-corrected chi connectivity index (χ2v) is 7.25. The van der Waals surface area contributed by atoms with Crippen molar-refractivity contribution in [3.8, 4) is 0 Å². The Bertz CT molecular complexity index is 522. The minimum absolute atomic E-state index is 0.0304. The van der Waals surface area contributed by atoms with Crippen molar-refractivity contribution in [3.63, 3.8) is 0 Å². The number of ether oxygens (including phenoxy) is 1. The number of carboxylic acid groups (broad SMARTS) is 1. The third-order valence-corrected chi connectivity index (χ3v) is 5.20. The zero-order valence-electron chi connectivity index (χ0n) is 12.2. The fraction of sp³-hybridized carbons (Fsp3) is 0.786. The highest BCUT2D eigenvalue weighted by Crippen LogP contribution is 2.42. The summed E-state index contributed by atoms with van der Waals surface area (Å²) in [5.74, 6) is 0.762. The second kappa shape index (κ2) is 5.96. The number of aromatic nitrogens is 3. The van der Waals surface area contributed by atoms with Gasteiger partial charge in [0.15, 0.2) is 5.16 Å². The highest BCUT2D eigenvalue weighted by molar-refractivity contribution is 7.99. The largest absolute Gasteiger partial charge is 0.481 e. The minimum atomic E-state index is -0.820.